The number of hydrogen-bond donors (Lipinski definition) is 1. The van der Waals surface area contributed by atoms with E-state index in [1.54, 1.807) is 0 Å². The zero-order valence-electron chi connectivity index (χ0n) is 11.3. The van der Waals surface area contributed by atoms with Gasteiger partial charge in [0.15, 0.2) is 0 Å². The zero-order valence-corrected chi connectivity index (χ0v) is 11.3. The van der Waals surface area contributed by atoms with Crippen LogP contribution in [0.3, 0.4) is 0 Å². The Balaban J connectivity index is 2.02. The van der Waals surface area contributed by atoms with Gasteiger partial charge in [0.2, 0.25) is 0 Å². The number of nitrogens with zero attached hydrogens (tertiary/aromatic N) is 2. The highest BCUT2D eigenvalue weighted by molar-refractivity contribution is 5.70. The van der Waals surface area contributed by atoms with Crippen molar-refractivity contribution in [3.05, 3.63) is 59.4 Å². The molecule has 2 aromatic heterocycles. The van der Waals surface area contributed by atoms with Gasteiger partial charge in [-0.3, -0.25) is 0 Å². The Bertz CT molecular complexity index is 786. The van der Waals surface area contributed by atoms with Crippen LogP contribution in [0, 0.1) is 0 Å². The van der Waals surface area contributed by atoms with Gasteiger partial charge >= 0.3 is 0 Å². The maximum atomic E-state index is 5.73. The zero-order chi connectivity index (χ0) is 13.5. The number of aryl methyl sites for hydroxylation is 2. The summed E-state index contributed by atoms with van der Waals surface area (Å²) in [7, 11) is 0. The van der Waals surface area contributed by atoms with Crippen LogP contribution in [0.5, 0.6) is 0 Å². The highest BCUT2D eigenvalue weighted by Gasteiger charge is 2.19. The van der Waals surface area contributed by atoms with E-state index in [1.807, 2.05) is 0 Å². The highest BCUT2D eigenvalue weighted by atomic mass is 15.0. The lowest BCUT2D eigenvalue weighted by Crippen LogP contribution is -1.99. The molecule has 1 aliphatic carbocycles. The molecule has 0 bridgehead atoms. The van der Waals surface area contributed by atoms with Gasteiger partial charge < -0.3 is 10.1 Å². The predicted octanol–water partition coefficient (Wildman–Crippen LogP) is 2.95. The summed E-state index contributed by atoms with van der Waals surface area (Å²) in [5.74, 6) is 0. The van der Waals surface area contributed by atoms with E-state index in [4.69, 9.17) is 10.7 Å². The van der Waals surface area contributed by atoms with Crippen LogP contribution in [0.4, 0.5) is 0 Å². The second kappa shape index (κ2) is 4.46. The molecule has 0 saturated heterocycles. The first-order valence-electron chi connectivity index (χ1n) is 7.15. The summed E-state index contributed by atoms with van der Waals surface area (Å²) in [5, 5.41) is 0. The fraction of sp³-hybridized carbons (Fsp3) is 0.235. The van der Waals surface area contributed by atoms with E-state index < -0.39 is 0 Å². The first-order chi connectivity index (χ1) is 9.86. The summed E-state index contributed by atoms with van der Waals surface area (Å²) in [6.07, 6.45) is 5.50. The lowest BCUT2D eigenvalue weighted by atomic mass is 10.0. The average molecular weight is 263 g/mol. The normalized spacial score (nSPS) is 13.8. The van der Waals surface area contributed by atoms with Crippen LogP contribution in [0.2, 0.25) is 0 Å². The Morgan fingerprint density at radius 1 is 1.15 bits per heavy atom. The molecule has 20 heavy (non-hydrogen) atoms. The van der Waals surface area contributed by atoms with Crippen LogP contribution >= 0.6 is 0 Å². The van der Waals surface area contributed by atoms with Crippen LogP contribution in [0.1, 0.15) is 23.2 Å². The van der Waals surface area contributed by atoms with E-state index in [2.05, 4.69) is 47.0 Å². The first-order valence-corrected chi connectivity index (χ1v) is 7.15. The van der Waals surface area contributed by atoms with Crippen molar-refractivity contribution in [2.45, 2.75) is 25.8 Å². The number of benzene rings is 1. The molecule has 3 nitrogen and oxygen atoms in total. The lowest BCUT2D eigenvalue weighted by Gasteiger charge is -2.03. The molecule has 0 atom stereocenters. The molecule has 0 saturated carbocycles. The molecule has 2 heterocycles. The monoisotopic (exact) mass is 263 g/mol. The summed E-state index contributed by atoms with van der Waals surface area (Å²) < 4.78 is 2.22. The van der Waals surface area contributed by atoms with E-state index in [0.29, 0.717) is 6.54 Å². The van der Waals surface area contributed by atoms with Crippen molar-refractivity contribution in [1.29, 1.82) is 0 Å². The highest BCUT2D eigenvalue weighted by Crippen LogP contribution is 2.32. The van der Waals surface area contributed by atoms with Crippen molar-refractivity contribution in [2.24, 2.45) is 5.73 Å². The smallest absolute Gasteiger partial charge is 0.137 e. The van der Waals surface area contributed by atoms with Crippen molar-refractivity contribution >= 4 is 5.65 Å². The van der Waals surface area contributed by atoms with Crippen LogP contribution in [0.25, 0.3) is 16.9 Å². The SMILES string of the molecule is NCc1ccn2c3c(nc2c1)-c1ccccc1CCC3. The summed E-state index contributed by atoms with van der Waals surface area (Å²) >= 11 is 0. The number of aromatic nitrogens is 2. The van der Waals surface area contributed by atoms with Crippen molar-refractivity contribution in [1.82, 2.24) is 9.38 Å². The predicted molar refractivity (Wildman–Crippen MR) is 80.5 cm³/mol. The molecule has 2 N–H and O–H groups in total. The van der Waals surface area contributed by atoms with Gasteiger partial charge in [-0.2, -0.15) is 0 Å². The minimum atomic E-state index is 0.560. The van der Waals surface area contributed by atoms with Crippen LogP contribution in [0.15, 0.2) is 42.6 Å². The van der Waals surface area contributed by atoms with Gasteiger partial charge in [-0.15, -0.1) is 0 Å². The van der Waals surface area contributed by atoms with E-state index in [0.717, 1.165) is 29.7 Å². The Kier molecular flexibility index (Phi) is 2.60. The largest absolute Gasteiger partial charge is 0.326 e. The third-order valence-electron chi connectivity index (χ3n) is 4.16. The average Bonchev–Trinajstić information content (AvgIpc) is 2.75. The number of nitrogens with two attached hydrogens (primary N) is 1. The molecule has 0 radical (unpaired) electrons. The molecule has 3 aromatic rings. The second-order valence-corrected chi connectivity index (χ2v) is 5.39. The number of fused-ring (bicyclic) bond motifs is 5. The van der Waals surface area contributed by atoms with Crippen molar-refractivity contribution in [2.75, 3.05) is 0 Å². The van der Waals surface area contributed by atoms with Crippen LogP contribution < -0.4 is 5.73 Å². The molecule has 1 aromatic carbocycles. The van der Waals surface area contributed by atoms with Crippen molar-refractivity contribution < 1.29 is 0 Å². The summed E-state index contributed by atoms with van der Waals surface area (Å²) in [6, 6.07) is 12.8. The Morgan fingerprint density at radius 2 is 2.05 bits per heavy atom. The minimum absolute atomic E-state index is 0.560. The summed E-state index contributed by atoms with van der Waals surface area (Å²) in [4.78, 5) is 4.87. The number of hydrogen-bond acceptors (Lipinski definition) is 2. The van der Waals surface area contributed by atoms with Gasteiger partial charge in [0.1, 0.15) is 5.65 Å². The quantitative estimate of drug-likeness (QED) is 0.733. The summed E-state index contributed by atoms with van der Waals surface area (Å²) in [5.41, 5.74) is 13.0. The van der Waals surface area contributed by atoms with E-state index >= 15 is 0 Å². The molecule has 3 heteroatoms. The fourth-order valence-electron chi connectivity index (χ4n) is 3.13. The van der Waals surface area contributed by atoms with Gasteiger partial charge in [0.05, 0.1) is 11.4 Å². The fourth-order valence-corrected chi connectivity index (χ4v) is 3.13. The molecule has 0 unspecified atom stereocenters. The van der Waals surface area contributed by atoms with Crippen LogP contribution in [-0.2, 0) is 19.4 Å². The van der Waals surface area contributed by atoms with E-state index in [9.17, 15) is 0 Å². The standard InChI is InChI=1S/C17H17N3/c18-11-12-8-9-20-15-7-3-5-13-4-1-2-6-14(13)17(15)19-16(20)10-12/h1-2,4,6,8-10H,3,5,7,11,18H2. The third-order valence-corrected chi connectivity index (χ3v) is 4.16. The Labute approximate surface area is 118 Å². The topological polar surface area (TPSA) is 43.3 Å². The molecule has 0 aliphatic heterocycles. The Morgan fingerprint density at radius 3 is 2.95 bits per heavy atom. The van der Waals surface area contributed by atoms with E-state index in [1.165, 1.54) is 23.2 Å². The maximum Gasteiger partial charge on any atom is 0.137 e. The van der Waals surface area contributed by atoms with Crippen molar-refractivity contribution in [3.63, 3.8) is 0 Å². The van der Waals surface area contributed by atoms with E-state index in [-0.39, 0.29) is 0 Å². The lowest BCUT2D eigenvalue weighted by molar-refractivity contribution is 0.804. The maximum absolute atomic E-state index is 5.73. The molecular formula is C17H17N3. The molecule has 4 rings (SSSR count). The van der Waals surface area contributed by atoms with Gasteiger partial charge in [-0.1, -0.05) is 24.3 Å². The number of pyridine rings is 1. The molecule has 0 fully saturated rings. The molecule has 1 aliphatic rings. The van der Waals surface area contributed by atoms with Gasteiger partial charge in [0, 0.05) is 18.3 Å². The van der Waals surface area contributed by atoms with Gasteiger partial charge in [0.25, 0.3) is 0 Å². The molecular weight excluding hydrogens is 246 g/mol. The Hall–Kier alpha value is -2.13. The van der Waals surface area contributed by atoms with Gasteiger partial charge in [-0.25, -0.2) is 4.98 Å². The number of imidazole rings is 1. The second-order valence-electron chi connectivity index (χ2n) is 5.39. The molecule has 0 spiro atoms. The first kappa shape index (κ1) is 11.7. The third kappa shape index (κ3) is 1.67. The van der Waals surface area contributed by atoms with Gasteiger partial charge in [-0.05, 0) is 42.5 Å². The van der Waals surface area contributed by atoms with Crippen molar-refractivity contribution in [3.8, 4) is 11.3 Å². The number of rotatable bonds is 1. The molecule has 100 valence electrons. The van der Waals surface area contributed by atoms with Crippen LogP contribution in [-0.4, -0.2) is 9.38 Å². The minimum Gasteiger partial charge on any atom is -0.326 e. The summed E-state index contributed by atoms with van der Waals surface area (Å²) in [6.45, 7) is 0.560. The molecule has 0 amide bonds.